The van der Waals surface area contributed by atoms with E-state index < -0.39 is 0 Å². The minimum Gasteiger partial charge on any atom is -0.334 e. The van der Waals surface area contributed by atoms with Crippen LogP contribution in [-0.4, -0.2) is 27.6 Å². The lowest BCUT2D eigenvalue weighted by Crippen LogP contribution is -2.46. The summed E-state index contributed by atoms with van der Waals surface area (Å²) in [5.41, 5.74) is 4.72. The van der Waals surface area contributed by atoms with Gasteiger partial charge in [-0.15, -0.1) is 0 Å². The third kappa shape index (κ3) is 6.26. The number of aliphatic imine (C=N–C) groups is 2. The zero-order valence-corrected chi connectivity index (χ0v) is 30.4. The number of rotatable bonds is 0. The van der Waals surface area contributed by atoms with Crippen LogP contribution >= 0.6 is 0 Å². The fourth-order valence-corrected chi connectivity index (χ4v) is 5.99. The predicted molar refractivity (Wildman–Crippen MR) is 209 cm³/mol. The van der Waals surface area contributed by atoms with Crippen molar-refractivity contribution in [2.45, 2.75) is 62.2 Å². The van der Waals surface area contributed by atoms with E-state index in [9.17, 15) is 0 Å². The van der Waals surface area contributed by atoms with Crippen LogP contribution in [0.5, 0.6) is 0 Å². The van der Waals surface area contributed by atoms with Crippen LogP contribution in [0.15, 0.2) is 117 Å². The normalized spacial score (nSPS) is 11.8. The van der Waals surface area contributed by atoms with Gasteiger partial charge >= 0.3 is 6.98 Å². The molecule has 50 heavy (non-hydrogen) atoms. The second kappa shape index (κ2) is 16.9. The van der Waals surface area contributed by atoms with Gasteiger partial charge in [-0.2, -0.15) is 10.5 Å². The minimum atomic E-state index is -0.0309. The van der Waals surface area contributed by atoms with Crippen LogP contribution in [0.2, 0.25) is 6.82 Å². The van der Waals surface area contributed by atoms with Crippen molar-refractivity contribution in [3.8, 4) is 12.1 Å². The lowest BCUT2D eigenvalue weighted by Gasteiger charge is -2.20. The van der Waals surface area contributed by atoms with Crippen molar-refractivity contribution in [2.75, 3.05) is 0 Å². The number of hydrogen-bond acceptors (Lipinski definition) is 6. The Morgan fingerprint density at radius 2 is 0.840 bits per heavy atom. The molecule has 0 unspecified atom stereocenters. The van der Waals surface area contributed by atoms with Crippen LogP contribution in [0.25, 0.3) is 21.5 Å². The zero-order valence-electron chi connectivity index (χ0n) is 30.4. The standard InChI is InChI=1S/C25H15BN6.C8H4N2.4C2H6/c1-26-31-22-16-10-4-6-12-18(16)24(31)30-25-19-13-7-5-11-17(19)23(32(25)26)29-21-15-9-3-2-8-14(15)20(27-21)28-22;9-5-7-3-1-2-4-8(7)6-10;4*1-2/h2-13H,1H3;1-4H;4*1-2H3. The van der Waals surface area contributed by atoms with Gasteiger partial charge in [0.2, 0.25) is 0 Å². The molecule has 3 aliphatic heterocycles. The lowest BCUT2D eigenvalue weighted by molar-refractivity contribution is 0.920. The van der Waals surface area contributed by atoms with Gasteiger partial charge in [-0.25, -0.2) is 20.0 Å². The molecule has 0 fully saturated rings. The van der Waals surface area contributed by atoms with Crippen LogP contribution in [0.4, 0.5) is 11.6 Å². The average Bonchev–Trinajstić information content (AvgIpc) is 3.83. The van der Waals surface area contributed by atoms with E-state index in [1.165, 1.54) is 0 Å². The molecule has 9 heteroatoms. The number of nitriles is 2. The molecule has 0 radical (unpaired) electrons. The summed E-state index contributed by atoms with van der Waals surface area (Å²) in [4.78, 5) is 20.3. The highest BCUT2D eigenvalue weighted by atomic mass is 15.2. The van der Waals surface area contributed by atoms with Crippen molar-refractivity contribution >= 4 is 51.8 Å². The second-order valence-corrected chi connectivity index (χ2v) is 10.2. The van der Waals surface area contributed by atoms with E-state index in [0.717, 1.165) is 55.3 Å². The van der Waals surface area contributed by atoms with Crippen LogP contribution in [0, 0.1) is 22.7 Å². The summed E-state index contributed by atoms with van der Waals surface area (Å²) in [7, 11) is 0. The molecule has 0 saturated heterocycles. The molecule has 4 bridgehead atoms. The van der Waals surface area contributed by atoms with Crippen molar-refractivity contribution in [2.24, 2.45) is 20.0 Å². The summed E-state index contributed by atoms with van der Waals surface area (Å²) in [5.74, 6) is 3.23. The van der Waals surface area contributed by atoms with Gasteiger partial charge in [-0.1, -0.05) is 140 Å². The van der Waals surface area contributed by atoms with Crippen LogP contribution < -0.4 is 11.0 Å². The Morgan fingerprint density at radius 3 is 1.32 bits per heavy atom. The zero-order chi connectivity index (χ0) is 36.4. The number of amidine groups is 2. The summed E-state index contributed by atoms with van der Waals surface area (Å²) >= 11 is 0. The van der Waals surface area contributed by atoms with Gasteiger partial charge in [0.25, 0.3) is 0 Å². The van der Waals surface area contributed by atoms with E-state index in [1.807, 2.05) is 79.7 Å². The Labute approximate surface area is 295 Å². The second-order valence-electron chi connectivity index (χ2n) is 10.2. The molecule has 9 rings (SSSR count). The summed E-state index contributed by atoms with van der Waals surface area (Å²) in [6.07, 6.45) is 0. The molecular weight excluding hydrogens is 615 g/mol. The molecule has 250 valence electrons. The first-order chi connectivity index (χ1) is 24.7. The molecular formula is C41H43BN8. The molecule has 2 aromatic heterocycles. The molecule has 0 spiro atoms. The monoisotopic (exact) mass is 658 g/mol. The highest BCUT2D eigenvalue weighted by molar-refractivity contribution is 6.56. The average molecular weight is 659 g/mol. The molecule has 3 aliphatic rings. The van der Waals surface area contributed by atoms with Crippen molar-refractivity contribution in [3.05, 3.63) is 130 Å². The number of aromatic nitrogens is 2. The third-order valence-electron chi connectivity index (χ3n) is 7.90. The number of fused-ring (bicyclic) bond motifs is 10. The summed E-state index contributed by atoms with van der Waals surface area (Å²) in [6, 6.07) is 35.5. The van der Waals surface area contributed by atoms with E-state index in [-0.39, 0.29) is 6.98 Å². The van der Waals surface area contributed by atoms with Gasteiger partial charge in [-0.05, 0) is 19.0 Å². The summed E-state index contributed by atoms with van der Waals surface area (Å²) < 4.78 is 4.45. The van der Waals surface area contributed by atoms with Crippen molar-refractivity contribution < 1.29 is 0 Å². The fraction of sp³-hybridized carbons (Fsp3) is 0.220. The molecule has 5 heterocycles. The van der Waals surface area contributed by atoms with Gasteiger partial charge in [-0.3, -0.25) is 0 Å². The van der Waals surface area contributed by atoms with Gasteiger partial charge in [0.05, 0.1) is 11.1 Å². The molecule has 0 amide bonds. The lowest BCUT2D eigenvalue weighted by atomic mass is 9.78. The molecule has 0 atom stereocenters. The quantitative estimate of drug-likeness (QED) is 0.152. The van der Waals surface area contributed by atoms with Crippen molar-refractivity contribution in [1.82, 2.24) is 8.96 Å². The first-order valence-corrected chi connectivity index (χ1v) is 17.5. The third-order valence-corrected chi connectivity index (χ3v) is 7.90. The van der Waals surface area contributed by atoms with Gasteiger partial charge in [0.15, 0.2) is 11.7 Å². The topological polar surface area (TPSA) is 107 Å². The SMILES string of the molecule is CB1n2c3c4ccccc4c2N=c2c4ccccc4c(n21)=NC1=NC(=N3)c2ccccc21.CC.CC.CC.CC.N#Cc1ccccc1C#N. The molecule has 0 saturated carbocycles. The number of benzene rings is 4. The summed E-state index contributed by atoms with van der Waals surface area (Å²) in [5, 5.41) is 21.3. The highest BCUT2D eigenvalue weighted by Crippen LogP contribution is 2.40. The number of hydrogen-bond donors (Lipinski definition) is 0. The Hall–Kier alpha value is -6.06. The Morgan fingerprint density at radius 1 is 0.460 bits per heavy atom. The van der Waals surface area contributed by atoms with Crippen molar-refractivity contribution in [3.63, 3.8) is 0 Å². The van der Waals surface area contributed by atoms with E-state index in [4.69, 9.17) is 30.5 Å². The Bertz CT molecular complexity index is 2380. The van der Waals surface area contributed by atoms with E-state index in [2.05, 4.69) is 76.4 Å². The van der Waals surface area contributed by atoms with Crippen LogP contribution in [0.3, 0.4) is 0 Å². The Kier molecular flexibility index (Phi) is 12.4. The molecule has 4 aromatic carbocycles. The maximum Gasteiger partial charge on any atom is 0.386 e. The van der Waals surface area contributed by atoms with Gasteiger partial charge < -0.3 is 8.96 Å². The largest absolute Gasteiger partial charge is 0.386 e. The molecule has 0 aliphatic carbocycles. The predicted octanol–water partition coefficient (Wildman–Crippen LogP) is 9.38. The van der Waals surface area contributed by atoms with Crippen LogP contribution in [-0.2, 0) is 0 Å². The first-order valence-electron chi connectivity index (χ1n) is 17.5. The molecule has 6 aromatic rings. The minimum absolute atomic E-state index is 0.0309. The Balaban J connectivity index is 0.000000265. The maximum absolute atomic E-state index is 8.45. The van der Waals surface area contributed by atoms with Crippen LogP contribution in [0.1, 0.15) is 77.6 Å². The van der Waals surface area contributed by atoms with Gasteiger partial charge in [0, 0.05) is 32.7 Å². The first kappa shape index (κ1) is 36.8. The van der Waals surface area contributed by atoms with E-state index in [1.54, 1.807) is 24.3 Å². The van der Waals surface area contributed by atoms with E-state index >= 15 is 0 Å². The smallest absolute Gasteiger partial charge is 0.334 e. The van der Waals surface area contributed by atoms with Crippen molar-refractivity contribution in [1.29, 1.82) is 10.5 Å². The fourth-order valence-electron chi connectivity index (χ4n) is 5.99. The maximum atomic E-state index is 8.45. The summed E-state index contributed by atoms with van der Waals surface area (Å²) in [6.45, 7) is 18.2. The molecule has 0 N–H and O–H groups in total. The molecule has 8 nitrogen and oxygen atoms in total. The number of nitrogens with zero attached hydrogens (tertiary/aromatic N) is 8. The highest BCUT2D eigenvalue weighted by Gasteiger charge is 2.33. The van der Waals surface area contributed by atoms with Gasteiger partial charge in [0.1, 0.15) is 34.7 Å². The van der Waals surface area contributed by atoms with E-state index in [0.29, 0.717) is 22.8 Å².